The lowest BCUT2D eigenvalue weighted by Crippen LogP contribution is -2.36. The van der Waals surface area contributed by atoms with Crippen LogP contribution in [0.4, 0.5) is 0 Å². The summed E-state index contributed by atoms with van der Waals surface area (Å²) in [6, 6.07) is 0. The predicted molar refractivity (Wildman–Crippen MR) is 56.7 cm³/mol. The van der Waals surface area contributed by atoms with E-state index in [1.807, 2.05) is 0 Å². The minimum Gasteiger partial charge on any atom is -0.380 e. The first-order valence-electron chi connectivity index (χ1n) is 5.52. The maximum Gasteiger partial charge on any atom is 0.0637 e. The Labute approximate surface area is 90.9 Å². The first-order valence-corrected chi connectivity index (χ1v) is 6.05. The molecule has 1 aliphatic heterocycles. The summed E-state index contributed by atoms with van der Waals surface area (Å²) in [6.45, 7) is 4.63. The summed E-state index contributed by atoms with van der Waals surface area (Å²) in [6.07, 6.45) is 3.99. The van der Waals surface area contributed by atoms with Crippen molar-refractivity contribution in [1.82, 2.24) is 0 Å². The Hall–Kier alpha value is 0.210. The van der Waals surface area contributed by atoms with Crippen molar-refractivity contribution < 1.29 is 9.47 Å². The van der Waals surface area contributed by atoms with Gasteiger partial charge in [0, 0.05) is 24.5 Å². The maximum absolute atomic E-state index is 6.03. The molecule has 2 fully saturated rings. The van der Waals surface area contributed by atoms with Gasteiger partial charge in [0.15, 0.2) is 0 Å². The van der Waals surface area contributed by atoms with E-state index >= 15 is 0 Å². The molecule has 1 aliphatic carbocycles. The third kappa shape index (κ3) is 2.23. The number of hydrogen-bond acceptors (Lipinski definition) is 2. The van der Waals surface area contributed by atoms with Crippen molar-refractivity contribution in [1.29, 1.82) is 0 Å². The second kappa shape index (κ2) is 4.38. The van der Waals surface area contributed by atoms with Crippen LogP contribution >= 0.6 is 11.6 Å². The molecular formula is C11H19ClO2. The van der Waals surface area contributed by atoms with Gasteiger partial charge < -0.3 is 9.47 Å². The fourth-order valence-electron chi connectivity index (χ4n) is 1.94. The SMILES string of the molecule is CC1OCCC1(CCl)COCC1CC1. The average molecular weight is 219 g/mol. The van der Waals surface area contributed by atoms with E-state index in [2.05, 4.69) is 6.92 Å². The summed E-state index contributed by atoms with van der Waals surface area (Å²) >= 11 is 6.03. The van der Waals surface area contributed by atoms with Gasteiger partial charge in [-0.05, 0) is 32.1 Å². The number of halogens is 1. The zero-order valence-electron chi connectivity index (χ0n) is 8.80. The largest absolute Gasteiger partial charge is 0.380 e. The molecule has 0 N–H and O–H groups in total. The van der Waals surface area contributed by atoms with Gasteiger partial charge in [-0.15, -0.1) is 11.6 Å². The normalized spacial score (nSPS) is 37.7. The molecule has 1 saturated carbocycles. The van der Waals surface area contributed by atoms with E-state index in [1.54, 1.807) is 0 Å². The van der Waals surface area contributed by atoms with Gasteiger partial charge in [-0.25, -0.2) is 0 Å². The van der Waals surface area contributed by atoms with Gasteiger partial charge in [0.1, 0.15) is 0 Å². The minimum absolute atomic E-state index is 0.0798. The highest BCUT2D eigenvalue weighted by atomic mass is 35.5. The molecule has 2 rings (SSSR count). The van der Waals surface area contributed by atoms with Crippen molar-refractivity contribution >= 4 is 11.6 Å². The van der Waals surface area contributed by atoms with Crippen molar-refractivity contribution in [2.24, 2.45) is 11.3 Å². The Morgan fingerprint density at radius 1 is 1.50 bits per heavy atom. The summed E-state index contributed by atoms with van der Waals surface area (Å²) in [5.74, 6) is 1.48. The molecule has 2 aliphatic rings. The zero-order chi connectivity index (χ0) is 10.0. The van der Waals surface area contributed by atoms with Crippen molar-refractivity contribution in [3.63, 3.8) is 0 Å². The van der Waals surface area contributed by atoms with Gasteiger partial charge in [0.2, 0.25) is 0 Å². The molecule has 1 saturated heterocycles. The molecule has 0 spiro atoms. The van der Waals surface area contributed by atoms with E-state index in [0.29, 0.717) is 5.88 Å². The van der Waals surface area contributed by atoms with Crippen LogP contribution in [0.15, 0.2) is 0 Å². The van der Waals surface area contributed by atoms with Crippen molar-refractivity contribution in [2.45, 2.75) is 32.3 Å². The molecule has 2 atom stereocenters. The van der Waals surface area contributed by atoms with Gasteiger partial charge >= 0.3 is 0 Å². The fraction of sp³-hybridized carbons (Fsp3) is 1.00. The Kier molecular flexibility index (Phi) is 3.35. The molecular weight excluding hydrogens is 200 g/mol. The van der Waals surface area contributed by atoms with E-state index in [4.69, 9.17) is 21.1 Å². The molecule has 0 amide bonds. The van der Waals surface area contributed by atoms with Crippen molar-refractivity contribution in [2.75, 3.05) is 25.7 Å². The third-order valence-corrected chi connectivity index (χ3v) is 4.07. The van der Waals surface area contributed by atoms with Crippen LogP contribution in [0.5, 0.6) is 0 Å². The quantitative estimate of drug-likeness (QED) is 0.660. The van der Waals surface area contributed by atoms with E-state index in [-0.39, 0.29) is 11.5 Å². The van der Waals surface area contributed by atoms with Gasteiger partial charge in [-0.2, -0.15) is 0 Å². The number of alkyl halides is 1. The molecule has 82 valence electrons. The first-order chi connectivity index (χ1) is 6.77. The molecule has 0 aromatic heterocycles. The van der Waals surface area contributed by atoms with E-state index in [1.165, 1.54) is 12.8 Å². The molecule has 2 unspecified atom stereocenters. The zero-order valence-corrected chi connectivity index (χ0v) is 9.55. The summed E-state index contributed by atoms with van der Waals surface area (Å²) in [4.78, 5) is 0. The predicted octanol–water partition coefficient (Wildman–Crippen LogP) is 2.45. The minimum atomic E-state index is 0.0798. The van der Waals surface area contributed by atoms with Crippen LogP contribution < -0.4 is 0 Å². The molecule has 1 heterocycles. The highest BCUT2D eigenvalue weighted by molar-refractivity contribution is 6.18. The number of ether oxygens (including phenoxy) is 2. The summed E-state index contributed by atoms with van der Waals surface area (Å²) in [7, 11) is 0. The Balaban J connectivity index is 1.78. The van der Waals surface area contributed by atoms with Gasteiger partial charge in [-0.3, -0.25) is 0 Å². The van der Waals surface area contributed by atoms with Crippen LogP contribution in [0.1, 0.15) is 26.2 Å². The van der Waals surface area contributed by atoms with Crippen LogP contribution in [0.25, 0.3) is 0 Å². The van der Waals surface area contributed by atoms with E-state index < -0.39 is 0 Å². The van der Waals surface area contributed by atoms with Crippen molar-refractivity contribution in [3.8, 4) is 0 Å². The lowest BCUT2D eigenvalue weighted by atomic mass is 9.85. The fourth-order valence-corrected chi connectivity index (χ4v) is 2.36. The summed E-state index contributed by atoms with van der Waals surface area (Å²) < 4.78 is 11.3. The first kappa shape index (κ1) is 10.7. The van der Waals surface area contributed by atoms with E-state index in [9.17, 15) is 0 Å². The Morgan fingerprint density at radius 2 is 2.29 bits per heavy atom. The van der Waals surface area contributed by atoms with Crippen molar-refractivity contribution in [3.05, 3.63) is 0 Å². The van der Waals surface area contributed by atoms with Gasteiger partial charge in [-0.1, -0.05) is 0 Å². The molecule has 0 radical (unpaired) electrons. The van der Waals surface area contributed by atoms with Crippen LogP contribution in [-0.4, -0.2) is 31.8 Å². The maximum atomic E-state index is 6.03. The highest BCUT2D eigenvalue weighted by Gasteiger charge is 2.41. The molecule has 0 aromatic rings. The highest BCUT2D eigenvalue weighted by Crippen LogP contribution is 2.37. The number of rotatable bonds is 5. The number of hydrogen-bond donors (Lipinski definition) is 0. The third-order valence-electron chi connectivity index (χ3n) is 3.54. The Morgan fingerprint density at radius 3 is 2.79 bits per heavy atom. The molecule has 0 bridgehead atoms. The lowest BCUT2D eigenvalue weighted by Gasteiger charge is -2.29. The van der Waals surface area contributed by atoms with Gasteiger partial charge in [0.25, 0.3) is 0 Å². The Bertz CT molecular complexity index is 194. The average Bonchev–Trinajstić information content (AvgIpc) is 2.93. The van der Waals surface area contributed by atoms with Crippen LogP contribution in [-0.2, 0) is 9.47 Å². The van der Waals surface area contributed by atoms with E-state index in [0.717, 1.165) is 32.2 Å². The molecule has 2 nitrogen and oxygen atoms in total. The molecule has 0 aromatic carbocycles. The van der Waals surface area contributed by atoms with Crippen LogP contribution in [0, 0.1) is 11.3 Å². The van der Waals surface area contributed by atoms with Gasteiger partial charge in [0.05, 0.1) is 12.7 Å². The smallest absolute Gasteiger partial charge is 0.0637 e. The standard InChI is InChI=1S/C11H19ClO2/c1-9-11(7-12,4-5-14-9)8-13-6-10-2-3-10/h9-10H,2-8H2,1H3. The molecule has 3 heteroatoms. The molecule has 14 heavy (non-hydrogen) atoms. The summed E-state index contributed by atoms with van der Waals surface area (Å²) in [5, 5.41) is 0. The lowest BCUT2D eigenvalue weighted by molar-refractivity contribution is 0.00218. The topological polar surface area (TPSA) is 18.5 Å². The van der Waals surface area contributed by atoms with Crippen LogP contribution in [0.2, 0.25) is 0 Å². The second-order valence-corrected chi connectivity index (χ2v) is 4.98. The summed E-state index contributed by atoms with van der Waals surface area (Å²) in [5.41, 5.74) is 0.0798. The second-order valence-electron chi connectivity index (χ2n) is 4.72. The monoisotopic (exact) mass is 218 g/mol. The van der Waals surface area contributed by atoms with Crippen LogP contribution in [0.3, 0.4) is 0 Å².